The second-order valence-electron chi connectivity index (χ2n) is 5.74. The number of hydrogen-bond donors (Lipinski definition) is 2. The van der Waals surface area contributed by atoms with Crippen LogP contribution in [0.15, 0.2) is 17.0 Å². The average Bonchev–Trinajstić information content (AvgIpc) is 2.29. The van der Waals surface area contributed by atoms with Gasteiger partial charge in [-0.1, -0.05) is 32.4 Å². The number of halogens is 2. The molecule has 20 heavy (non-hydrogen) atoms. The molecule has 0 amide bonds. The summed E-state index contributed by atoms with van der Waals surface area (Å²) < 4.78 is 40.5. The van der Waals surface area contributed by atoms with Crippen LogP contribution < -0.4 is 4.72 Å². The van der Waals surface area contributed by atoms with E-state index in [9.17, 15) is 12.8 Å². The maximum absolute atomic E-state index is 14.0. The van der Waals surface area contributed by atoms with Crippen LogP contribution in [0.3, 0.4) is 0 Å². The van der Waals surface area contributed by atoms with Crippen molar-refractivity contribution in [3.8, 4) is 0 Å². The average molecular weight is 324 g/mol. The Labute approximate surface area is 124 Å². The van der Waals surface area contributed by atoms with Crippen molar-refractivity contribution in [2.45, 2.75) is 38.7 Å². The first-order valence-corrected chi connectivity index (χ1v) is 8.01. The second-order valence-corrected chi connectivity index (χ2v) is 7.92. The molecule has 0 aromatic heterocycles. The van der Waals surface area contributed by atoms with Crippen molar-refractivity contribution < 1.29 is 17.9 Å². The third-order valence-electron chi connectivity index (χ3n) is 2.71. The van der Waals surface area contributed by atoms with Crippen LogP contribution in [0, 0.1) is 11.2 Å². The lowest BCUT2D eigenvalue weighted by molar-refractivity contribution is 0.274. The van der Waals surface area contributed by atoms with E-state index in [2.05, 4.69) is 4.72 Å². The molecule has 0 unspecified atom stereocenters. The minimum Gasteiger partial charge on any atom is -0.392 e. The molecule has 0 saturated carbocycles. The van der Waals surface area contributed by atoms with Gasteiger partial charge in [-0.3, -0.25) is 0 Å². The number of rotatable bonds is 5. The van der Waals surface area contributed by atoms with Crippen molar-refractivity contribution in [2.75, 3.05) is 6.54 Å². The molecule has 1 aromatic carbocycles. The van der Waals surface area contributed by atoms with Crippen LogP contribution in [0.25, 0.3) is 0 Å². The van der Waals surface area contributed by atoms with E-state index in [0.717, 1.165) is 6.07 Å². The van der Waals surface area contributed by atoms with E-state index in [4.69, 9.17) is 16.7 Å². The van der Waals surface area contributed by atoms with Crippen LogP contribution in [0.2, 0.25) is 5.02 Å². The van der Waals surface area contributed by atoms with E-state index in [0.29, 0.717) is 6.42 Å². The molecule has 1 aromatic rings. The lowest BCUT2D eigenvalue weighted by Crippen LogP contribution is -2.28. The SMILES string of the molecule is CC(C)(C)CCNS(=O)(=O)c1cc(Cl)cc(CO)c1F. The first-order chi connectivity index (χ1) is 9.07. The van der Waals surface area contributed by atoms with Gasteiger partial charge in [-0.25, -0.2) is 17.5 Å². The molecule has 0 aliphatic carbocycles. The van der Waals surface area contributed by atoms with Gasteiger partial charge in [0.05, 0.1) is 6.61 Å². The minimum atomic E-state index is -3.99. The molecule has 0 heterocycles. The summed E-state index contributed by atoms with van der Waals surface area (Å²) in [7, 11) is -3.99. The van der Waals surface area contributed by atoms with Gasteiger partial charge in [0.15, 0.2) is 0 Å². The van der Waals surface area contributed by atoms with Gasteiger partial charge in [0.25, 0.3) is 0 Å². The Bertz CT molecular complexity index is 582. The summed E-state index contributed by atoms with van der Waals surface area (Å²) in [5.41, 5.74) is -0.181. The van der Waals surface area contributed by atoms with Gasteiger partial charge in [-0.2, -0.15) is 0 Å². The summed E-state index contributed by atoms with van der Waals surface area (Å²) in [5.74, 6) is -0.972. The van der Waals surface area contributed by atoms with Crippen molar-refractivity contribution in [3.63, 3.8) is 0 Å². The number of hydrogen-bond acceptors (Lipinski definition) is 3. The van der Waals surface area contributed by atoms with Crippen LogP contribution in [0.4, 0.5) is 4.39 Å². The van der Waals surface area contributed by atoms with Crippen LogP contribution in [-0.2, 0) is 16.6 Å². The van der Waals surface area contributed by atoms with Gasteiger partial charge in [0.2, 0.25) is 10.0 Å². The zero-order valence-electron chi connectivity index (χ0n) is 11.7. The molecule has 0 fully saturated rings. The third-order valence-corrected chi connectivity index (χ3v) is 4.38. The molecule has 1 rings (SSSR count). The molecule has 0 radical (unpaired) electrons. The number of sulfonamides is 1. The molecule has 4 nitrogen and oxygen atoms in total. The quantitative estimate of drug-likeness (QED) is 0.875. The van der Waals surface area contributed by atoms with Gasteiger partial charge in [0.1, 0.15) is 10.7 Å². The van der Waals surface area contributed by atoms with Gasteiger partial charge in [-0.05, 0) is 24.0 Å². The Kier molecular flexibility index (Phi) is 5.54. The van der Waals surface area contributed by atoms with Crippen molar-refractivity contribution >= 4 is 21.6 Å². The molecule has 0 aliphatic rings. The molecule has 0 aliphatic heterocycles. The molecule has 0 atom stereocenters. The maximum Gasteiger partial charge on any atom is 0.243 e. The summed E-state index contributed by atoms with van der Waals surface area (Å²) in [4.78, 5) is -0.539. The fourth-order valence-electron chi connectivity index (χ4n) is 1.57. The zero-order valence-corrected chi connectivity index (χ0v) is 13.3. The van der Waals surface area contributed by atoms with E-state index in [1.54, 1.807) is 0 Å². The first-order valence-electron chi connectivity index (χ1n) is 6.15. The Morgan fingerprint density at radius 3 is 2.45 bits per heavy atom. The highest BCUT2D eigenvalue weighted by atomic mass is 35.5. The Morgan fingerprint density at radius 2 is 1.95 bits per heavy atom. The van der Waals surface area contributed by atoms with Crippen molar-refractivity contribution in [2.24, 2.45) is 5.41 Å². The molecular weight excluding hydrogens is 305 g/mol. The smallest absolute Gasteiger partial charge is 0.243 e. The Hall–Kier alpha value is -0.690. The van der Waals surface area contributed by atoms with E-state index >= 15 is 0 Å². The molecule has 7 heteroatoms. The first kappa shape index (κ1) is 17.4. The van der Waals surface area contributed by atoms with Gasteiger partial charge in [0, 0.05) is 17.1 Å². The highest BCUT2D eigenvalue weighted by molar-refractivity contribution is 7.89. The van der Waals surface area contributed by atoms with Gasteiger partial charge >= 0.3 is 0 Å². The van der Waals surface area contributed by atoms with Gasteiger partial charge < -0.3 is 5.11 Å². The number of benzene rings is 1. The van der Waals surface area contributed by atoms with Crippen LogP contribution >= 0.6 is 11.6 Å². The summed E-state index contributed by atoms with van der Waals surface area (Å²) in [6, 6.07) is 2.24. The highest BCUT2D eigenvalue weighted by Gasteiger charge is 2.22. The van der Waals surface area contributed by atoms with Crippen molar-refractivity contribution in [3.05, 3.63) is 28.5 Å². The second kappa shape index (κ2) is 6.39. The van der Waals surface area contributed by atoms with Crippen LogP contribution in [-0.4, -0.2) is 20.1 Å². The van der Waals surface area contributed by atoms with Crippen LogP contribution in [0.1, 0.15) is 32.8 Å². The zero-order chi connectivity index (χ0) is 15.6. The Morgan fingerprint density at radius 1 is 1.35 bits per heavy atom. The molecule has 114 valence electrons. The fraction of sp³-hybridized carbons (Fsp3) is 0.538. The Balaban J connectivity index is 3.01. The normalized spacial score (nSPS) is 12.7. The van der Waals surface area contributed by atoms with Crippen molar-refractivity contribution in [1.82, 2.24) is 4.72 Å². The van der Waals surface area contributed by atoms with E-state index < -0.39 is 27.3 Å². The number of aliphatic hydroxyl groups excluding tert-OH is 1. The summed E-state index contributed by atoms with van der Waals surface area (Å²) in [6.07, 6.45) is 0.612. The van der Waals surface area contributed by atoms with E-state index in [-0.39, 0.29) is 22.5 Å². The number of aliphatic hydroxyl groups is 1. The molecule has 0 spiro atoms. The van der Waals surface area contributed by atoms with Crippen molar-refractivity contribution in [1.29, 1.82) is 0 Å². The molecule has 0 saturated heterocycles. The summed E-state index contributed by atoms with van der Waals surface area (Å²) in [5, 5.41) is 9.06. The number of nitrogens with one attached hydrogen (secondary N) is 1. The minimum absolute atomic E-state index is 0.0361. The summed E-state index contributed by atoms with van der Waals surface area (Å²) in [6.45, 7) is 5.52. The van der Waals surface area contributed by atoms with E-state index in [1.165, 1.54) is 6.07 Å². The van der Waals surface area contributed by atoms with E-state index in [1.807, 2.05) is 20.8 Å². The monoisotopic (exact) mass is 323 g/mol. The predicted octanol–water partition coefficient (Wildman–Crippen LogP) is 2.69. The molecular formula is C13H19ClFNO3S. The maximum atomic E-state index is 14.0. The topological polar surface area (TPSA) is 66.4 Å². The highest BCUT2D eigenvalue weighted by Crippen LogP contribution is 2.24. The fourth-order valence-corrected chi connectivity index (χ4v) is 3.05. The predicted molar refractivity (Wildman–Crippen MR) is 76.6 cm³/mol. The summed E-state index contributed by atoms with van der Waals surface area (Å²) >= 11 is 5.74. The molecule has 0 bridgehead atoms. The van der Waals surface area contributed by atoms with Crippen LogP contribution in [0.5, 0.6) is 0 Å². The largest absolute Gasteiger partial charge is 0.392 e. The van der Waals surface area contributed by atoms with Gasteiger partial charge in [-0.15, -0.1) is 0 Å². The lowest BCUT2D eigenvalue weighted by Gasteiger charge is -2.18. The standard InChI is InChI=1S/C13H19ClFNO3S/c1-13(2,3)4-5-16-20(18,19)11-7-10(14)6-9(8-17)12(11)15/h6-7,16-17H,4-5,8H2,1-3H3. The molecule has 2 N–H and O–H groups in total. The lowest BCUT2D eigenvalue weighted by atomic mass is 9.93. The third kappa shape index (κ3) is 4.70.